The maximum atomic E-state index is 11.3. The molecule has 0 aromatic rings. The number of aliphatic hydroxyl groups excluding tert-OH is 1. The number of likely N-dealkylation sites (N-methyl/N-ethyl adjacent to an activating group) is 1. The summed E-state index contributed by atoms with van der Waals surface area (Å²) in [5, 5.41) is 8.84. The Morgan fingerprint density at radius 2 is 2.15 bits per heavy atom. The van der Waals surface area contributed by atoms with Gasteiger partial charge in [-0.25, -0.2) is 0 Å². The van der Waals surface area contributed by atoms with E-state index in [4.69, 9.17) is 5.11 Å². The molecule has 0 aliphatic carbocycles. The lowest BCUT2D eigenvalue weighted by Gasteiger charge is -2.07. The lowest BCUT2D eigenvalue weighted by Crippen LogP contribution is -2.16. The van der Waals surface area contributed by atoms with Gasteiger partial charge in [0, 0.05) is 12.5 Å². The molecule has 76 valence electrons. The van der Waals surface area contributed by atoms with Crippen molar-refractivity contribution in [2.75, 3.05) is 27.2 Å². The van der Waals surface area contributed by atoms with Gasteiger partial charge in [-0.1, -0.05) is 13.0 Å². The van der Waals surface area contributed by atoms with Crippen LogP contribution in [0, 0.1) is 5.92 Å². The van der Waals surface area contributed by atoms with Crippen LogP contribution in [0.25, 0.3) is 0 Å². The molecular weight excluding hydrogens is 166 g/mol. The van der Waals surface area contributed by atoms with Crippen LogP contribution in [0.4, 0.5) is 0 Å². The predicted molar refractivity (Wildman–Crippen MR) is 53.6 cm³/mol. The summed E-state index contributed by atoms with van der Waals surface area (Å²) < 4.78 is 0. The highest BCUT2D eigenvalue weighted by molar-refractivity contribution is 5.91. The first-order valence-electron chi connectivity index (χ1n) is 4.57. The van der Waals surface area contributed by atoms with E-state index in [0.29, 0.717) is 6.42 Å². The SMILES string of the molecule is CCC(CO)C(=O)/C=C/CN(C)C. The zero-order valence-corrected chi connectivity index (χ0v) is 8.66. The number of hydrogen-bond donors (Lipinski definition) is 1. The van der Waals surface area contributed by atoms with Crippen molar-refractivity contribution in [2.45, 2.75) is 13.3 Å². The van der Waals surface area contributed by atoms with Crippen LogP contribution in [0.2, 0.25) is 0 Å². The highest BCUT2D eigenvalue weighted by atomic mass is 16.3. The molecule has 0 heterocycles. The fourth-order valence-electron chi connectivity index (χ4n) is 0.936. The molecule has 0 spiro atoms. The zero-order valence-electron chi connectivity index (χ0n) is 8.66. The summed E-state index contributed by atoms with van der Waals surface area (Å²) in [5.74, 6) is -0.203. The van der Waals surface area contributed by atoms with Crippen molar-refractivity contribution in [3.63, 3.8) is 0 Å². The smallest absolute Gasteiger partial charge is 0.160 e. The molecule has 1 unspecified atom stereocenters. The van der Waals surface area contributed by atoms with Gasteiger partial charge in [0.2, 0.25) is 0 Å². The third-order valence-electron chi connectivity index (χ3n) is 1.87. The largest absolute Gasteiger partial charge is 0.396 e. The summed E-state index contributed by atoms with van der Waals surface area (Å²) in [6, 6.07) is 0. The van der Waals surface area contributed by atoms with Gasteiger partial charge < -0.3 is 10.0 Å². The van der Waals surface area contributed by atoms with Crippen molar-refractivity contribution in [3.05, 3.63) is 12.2 Å². The molecule has 13 heavy (non-hydrogen) atoms. The van der Waals surface area contributed by atoms with Gasteiger partial charge >= 0.3 is 0 Å². The lowest BCUT2D eigenvalue weighted by atomic mass is 10.0. The third kappa shape index (κ3) is 5.55. The van der Waals surface area contributed by atoms with Gasteiger partial charge in [-0.15, -0.1) is 0 Å². The van der Waals surface area contributed by atoms with E-state index in [-0.39, 0.29) is 18.3 Å². The number of aliphatic hydroxyl groups is 1. The molecule has 3 nitrogen and oxygen atoms in total. The molecule has 0 bridgehead atoms. The monoisotopic (exact) mass is 185 g/mol. The summed E-state index contributed by atoms with van der Waals surface area (Å²) in [4.78, 5) is 13.3. The maximum Gasteiger partial charge on any atom is 0.160 e. The molecule has 1 N–H and O–H groups in total. The van der Waals surface area contributed by atoms with E-state index in [1.165, 1.54) is 0 Å². The summed E-state index contributed by atoms with van der Waals surface area (Å²) in [6.07, 6.45) is 4.08. The molecule has 0 aliphatic rings. The van der Waals surface area contributed by atoms with E-state index in [1.807, 2.05) is 32.0 Å². The molecule has 0 saturated heterocycles. The lowest BCUT2D eigenvalue weighted by molar-refractivity contribution is -0.119. The quantitative estimate of drug-likeness (QED) is 0.619. The second-order valence-electron chi connectivity index (χ2n) is 3.35. The van der Waals surface area contributed by atoms with Gasteiger partial charge in [0.1, 0.15) is 0 Å². The number of allylic oxidation sites excluding steroid dienone is 1. The van der Waals surface area contributed by atoms with Crippen LogP contribution < -0.4 is 0 Å². The minimum Gasteiger partial charge on any atom is -0.396 e. The molecule has 0 fully saturated rings. The van der Waals surface area contributed by atoms with E-state index in [9.17, 15) is 4.79 Å². The average Bonchev–Trinajstić information content (AvgIpc) is 2.05. The topological polar surface area (TPSA) is 40.5 Å². The number of hydrogen-bond acceptors (Lipinski definition) is 3. The van der Waals surface area contributed by atoms with Crippen molar-refractivity contribution >= 4 is 5.78 Å². The normalized spacial score (nSPS) is 13.9. The Kier molecular flexibility index (Phi) is 6.45. The molecule has 0 aromatic heterocycles. The summed E-state index contributed by atoms with van der Waals surface area (Å²) in [5.41, 5.74) is 0. The standard InChI is InChI=1S/C10H19NO2/c1-4-9(8-12)10(13)6-5-7-11(2)3/h5-6,9,12H,4,7-8H2,1-3H3/b6-5+. The maximum absolute atomic E-state index is 11.3. The molecule has 0 saturated carbocycles. The highest BCUT2D eigenvalue weighted by Crippen LogP contribution is 2.03. The highest BCUT2D eigenvalue weighted by Gasteiger charge is 2.11. The molecular formula is C10H19NO2. The van der Waals surface area contributed by atoms with Gasteiger partial charge in [0.05, 0.1) is 6.61 Å². The first-order valence-corrected chi connectivity index (χ1v) is 4.57. The second kappa shape index (κ2) is 6.80. The molecule has 0 aromatic carbocycles. The van der Waals surface area contributed by atoms with Gasteiger partial charge in [-0.3, -0.25) is 4.79 Å². The Labute approximate surface area is 80.0 Å². The zero-order chi connectivity index (χ0) is 10.3. The first kappa shape index (κ1) is 12.3. The van der Waals surface area contributed by atoms with Crippen LogP contribution in [0.1, 0.15) is 13.3 Å². The summed E-state index contributed by atoms with van der Waals surface area (Å²) in [7, 11) is 3.89. The van der Waals surface area contributed by atoms with Gasteiger partial charge in [0.15, 0.2) is 5.78 Å². The van der Waals surface area contributed by atoms with Crippen LogP contribution in [-0.4, -0.2) is 43.0 Å². The van der Waals surface area contributed by atoms with Crippen LogP contribution >= 0.6 is 0 Å². The van der Waals surface area contributed by atoms with Crippen molar-refractivity contribution < 1.29 is 9.90 Å². The molecule has 0 radical (unpaired) electrons. The first-order chi connectivity index (χ1) is 6.11. The fraction of sp³-hybridized carbons (Fsp3) is 0.700. The molecule has 1 atom stereocenters. The Bertz CT molecular complexity index is 172. The van der Waals surface area contributed by atoms with E-state index < -0.39 is 0 Å². The van der Waals surface area contributed by atoms with Crippen molar-refractivity contribution in [1.29, 1.82) is 0 Å². The van der Waals surface area contributed by atoms with Crippen molar-refractivity contribution in [2.24, 2.45) is 5.92 Å². The minimum absolute atomic E-state index is 0.0202. The predicted octanol–water partition coefficient (Wildman–Crippen LogP) is 0.692. The van der Waals surface area contributed by atoms with Gasteiger partial charge in [0.25, 0.3) is 0 Å². The Morgan fingerprint density at radius 3 is 2.54 bits per heavy atom. The molecule has 0 rings (SSSR count). The van der Waals surface area contributed by atoms with Gasteiger partial charge in [-0.2, -0.15) is 0 Å². The van der Waals surface area contributed by atoms with Crippen LogP contribution in [0.5, 0.6) is 0 Å². The van der Waals surface area contributed by atoms with E-state index in [0.717, 1.165) is 6.54 Å². The van der Waals surface area contributed by atoms with Crippen molar-refractivity contribution in [3.8, 4) is 0 Å². The fourth-order valence-corrected chi connectivity index (χ4v) is 0.936. The number of ketones is 1. The number of carbonyl (C=O) groups excluding carboxylic acids is 1. The van der Waals surface area contributed by atoms with E-state index >= 15 is 0 Å². The van der Waals surface area contributed by atoms with Gasteiger partial charge in [-0.05, 0) is 26.6 Å². The van der Waals surface area contributed by atoms with Crippen molar-refractivity contribution in [1.82, 2.24) is 4.90 Å². The average molecular weight is 185 g/mol. The number of rotatable bonds is 6. The number of carbonyl (C=O) groups is 1. The van der Waals surface area contributed by atoms with Crippen LogP contribution in [-0.2, 0) is 4.79 Å². The Balaban J connectivity index is 3.90. The summed E-state index contributed by atoms with van der Waals surface area (Å²) in [6.45, 7) is 2.60. The molecule has 0 amide bonds. The summed E-state index contributed by atoms with van der Waals surface area (Å²) >= 11 is 0. The van der Waals surface area contributed by atoms with E-state index in [2.05, 4.69) is 0 Å². The van der Waals surface area contributed by atoms with Crippen LogP contribution in [0.15, 0.2) is 12.2 Å². The second-order valence-corrected chi connectivity index (χ2v) is 3.35. The number of nitrogens with zero attached hydrogens (tertiary/aromatic N) is 1. The molecule has 0 aliphatic heterocycles. The minimum atomic E-state index is -0.224. The third-order valence-corrected chi connectivity index (χ3v) is 1.87. The molecule has 3 heteroatoms. The Hall–Kier alpha value is -0.670. The van der Waals surface area contributed by atoms with Crippen LogP contribution in [0.3, 0.4) is 0 Å². The Morgan fingerprint density at radius 1 is 1.54 bits per heavy atom. The van der Waals surface area contributed by atoms with E-state index in [1.54, 1.807) is 6.08 Å².